The first kappa shape index (κ1) is 13.9. The van der Waals surface area contributed by atoms with Crippen LogP contribution in [-0.2, 0) is 4.79 Å². The third-order valence-corrected chi connectivity index (χ3v) is 4.86. The van der Waals surface area contributed by atoms with Gasteiger partial charge in [0.25, 0.3) is 0 Å². The van der Waals surface area contributed by atoms with Crippen molar-refractivity contribution in [2.45, 2.75) is 64.8 Å². The molecule has 0 radical (unpaired) electrons. The van der Waals surface area contributed by atoms with Gasteiger partial charge < -0.3 is 10.6 Å². The topological polar surface area (TPSA) is 41.1 Å². The van der Waals surface area contributed by atoms with Crippen molar-refractivity contribution in [1.29, 1.82) is 0 Å². The van der Waals surface area contributed by atoms with Crippen LogP contribution in [-0.4, -0.2) is 25.0 Å². The van der Waals surface area contributed by atoms with Crippen molar-refractivity contribution < 1.29 is 4.79 Å². The summed E-state index contributed by atoms with van der Waals surface area (Å²) < 4.78 is 0. The fourth-order valence-corrected chi connectivity index (χ4v) is 3.65. The molecule has 1 aliphatic heterocycles. The lowest BCUT2D eigenvalue weighted by atomic mass is 9.76. The molecule has 2 fully saturated rings. The maximum atomic E-state index is 12.7. The Bertz CT molecular complexity index is 279. The summed E-state index contributed by atoms with van der Waals surface area (Å²) in [6.07, 6.45) is 8.01. The van der Waals surface area contributed by atoms with Gasteiger partial charge in [-0.25, -0.2) is 0 Å². The second kappa shape index (κ2) is 6.05. The van der Waals surface area contributed by atoms with Gasteiger partial charge in [-0.2, -0.15) is 0 Å². The predicted molar refractivity (Wildman–Crippen MR) is 74.4 cm³/mol. The molecular weight excluding hydrogens is 224 g/mol. The third-order valence-electron chi connectivity index (χ3n) is 4.86. The van der Waals surface area contributed by atoms with Gasteiger partial charge in [0, 0.05) is 12.6 Å². The van der Waals surface area contributed by atoms with Crippen LogP contribution in [0.4, 0.5) is 0 Å². The zero-order valence-corrected chi connectivity index (χ0v) is 11.9. The van der Waals surface area contributed by atoms with Crippen LogP contribution in [0.25, 0.3) is 0 Å². The summed E-state index contributed by atoms with van der Waals surface area (Å²) in [5.74, 6) is 0.972. The van der Waals surface area contributed by atoms with Crippen LogP contribution in [0.3, 0.4) is 0 Å². The van der Waals surface area contributed by atoms with Crippen LogP contribution in [0.1, 0.15) is 58.8 Å². The molecule has 0 spiro atoms. The average Bonchev–Trinajstić information content (AvgIpc) is 2.76. The molecule has 3 nitrogen and oxygen atoms in total. The van der Waals surface area contributed by atoms with E-state index in [0.29, 0.717) is 17.9 Å². The third kappa shape index (κ3) is 2.87. The Labute approximate surface area is 111 Å². The standard InChI is InChI=1S/C15H28N2O/c1-3-8-15(9-5-10-16-11-15)14(18)17-13-7-4-6-12(13)2/h12-13,16H,3-11H2,1-2H3,(H,17,18). The highest BCUT2D eigenvalue weighted by Crippen LogP contribution is 2.33. The van der Waals surface area contributed by atoms with E-state index in [4.69, 9.17) is 0 Å². The van der Waals surface area contributed by atoms with Gasteiger partial charge in [0.2, 0.25) is 5.91 Å². The fraction of sp³-hybridized carbons (Fsp3) is 0.933. The highest BCUT2D eigenvalue weighted by molar-refractivity contribution is 5.83. The molecule has 1 heterocycles. The molecule has 0 aromatic rings. The Kier molecular flexibility index (Phi) is 4.66. The highest BCUT2D eigenvalue weighted by Gasteiger charge is 2.40. The Hall–Kier alpha value is -0.570. The number of amides is 1. The molecule has 1 saturated carbocycles. The van der Waals surface area contributed by atoms with Crippen LogP contribution < -0.4 is 10.6 Å². The molecule has 2 N–H and O–H groups in total. The van der Waals surface area contributed by atoms with E-state index in [1.54, 1.807) is 0 Å². The summed E-state index contributed by atoms with van der Waals surface area (Å²) in [6, 6.07) is 0.424. The summed E-state index contributed by atoms with van der Waals surface area (Å²) in [5, 5.41) is 6.76. The Balaban J connectivity index is 1.98. The molecule has 18 heavy (non-hydrogen) atoms. The Morgan fingerprint density at radius 2 is 2.22 bits per heavy atom. The monoisotopic (exact) mass is 252 g/mol. The largest absolute Gasteiger partial charge is 0.353 e. The van der Waals surface area contributed by atoms with Crippen LogP contribution >= 0.6 is 0 Å². The van der Waals surface area contributed by atoms with E-state index in [1.807, 2.05) is 0 Å². The van der Waals surface area contributed by atoms with Gasteiger partial charge in [-0.15, -0.1) is 0 Å². The minimum atomic E-state index is -0.130. The average molecular weight is 252 g/mol. The van der Waals surface area contributed by atoms with Gasteiger partial charge in [0.15, 0.2) is 0 Å². The number of carbonyl (C=O) groups is 1. The molecule has 0 aromatic carbocycles. The van der Waals surface area contributed by atoms with Crippen molar-refractivity contribution in [2.24, 2.45) is 11.3 Å². The van der Waals surface area contributed by atoms with E-state index in [-0.39, 0.29) is 5.41 Å². The zero-order valence-electron chi connectivity index (χ0n) is 11.9. The lowest BCUT2D eigenvalue weighted by Gasteiger charge is -2.37. The van der Waals surface area contributed by atoms with E-state index < -0.39 is 0 Å². The summed E-state index contributed by atoms with van der Waals surface area (Å²) in [7, 11) is 0. The second-order valence-corrected chi connectivity index (χ2v) is 6.30. The summed E-state index contributed by atoms with van der Waals surface area (Å²) >= 11 is 0. The molecule has 1 aliphatic carbocycles. The molecule has 0 aromatic heterocycles. The summed E-state index contributed by atoms with van der Waals surface area (Å²) in [5.41, 5.74) is -0.130. The molecule has 3 atom stereocenters. The van der Waals surface area contributed by atoms with Crippen LogP contribution in [0.5, 0.6) is 0 Å². The molecule has 3 unspecified atom stereocenters. The zero-order chi connectivity index (χ0) is 13.0. The van der Waals surface area contributed by atoms with E-state index in [2.05, 4.69) is 24.5 Å². The number of carbonyl (C=O) groups excluding carboxylic acids is 1. The molecule has 104 valence electrons. The quantitative estimate of drug-likeness (QED) is 0.807. The van der Waals surface area contributed by atoms with E-state index in [0.717, 1.165) is 38.8 Å². The number of piperidine rings is 1. The maximum Gasteiger partial charge on any atom is 0.227 e. The summed E-state index contributed by atoms with van der Waals surface area (Å²) in [4.78, 5) is 12.7. The molecule has 1 amide bonds. The number of rotatable bonds is 4. The molecule has 2 rings (SSSR count). The number of hydrogen-bond acceptors (Lipinski definition) is 2. The maximum absolute atomic E-state index is 12.7. The van der Waals surface area contributed by atoms with Crippen LogP contribution in [0.15, 0.2) is 0 Å². The van der Waals surface area contributed by atoms with Crippen molar-refractivity contribution in [3.8, 4) is 0 Å². The van der Waals surface area contributed by atoms with Gasteiger partial charge >= 0.3 is 0 Å². The lowest BCUT2D eigenvalue weighted by Crippen LogP contribution is -2.53. The molecule has 3 heteroatoms. The van der Waals surface area contributed by atoms with Crippen molar-refractivity contribution in [3.05, 3.63) is 0 Å². The van der Waals surface area contributed by atoms with Gasteiger partial charge in [-0.05, 0) is 44.6 Å². The number of hydrogen-bond donors (Lipinski definition) is 2. The molecular formula is C15H28N2O. The van der Waals surface area contributed by atoms with Crippen molar-refractivity contribution in [2.75, 3.05) is 13.1 Å². The van der Waals surface area contributed by atoms with E-state index in [9.17, 15) is 4.79 Å². The Morgan fingerprint density at radius 3 is 2.78 bits per heavy atom. The van der Waals surface area contributed by atoms with Crippen LogP contribution in [0.2, 0.25) is 0 Å². The first-order valence-corrected chi connectivity index (χ1v) is 7.69. The normalized spacial score (nSPS) is 36.6. The fourth-order valence-electron chi connectivity index (χ4n) is 3.65. The minimum Gasteiger partial charge on any atom is -0.353 e. The molecule has 2 aliphatic rings. The first-order valence-electron chi connectivity index (χ1n) is 7.69. The van der Waals surface area contributed by atoms with Crippen molar-refractivity contribution in [1.82, 2.24) is 10.6 Å². The minimum absolute atomic E-state index is 0.130. The van der Waals surface area contributed by atoms with Crippen molar-refractivity contribution >= 4 is 5.91 Å². The predicted octanol–water partition coefficient (Wildman–Crippen LogP) is 2.46. The van der Waals surface area contributed by atoms with Crippen molar-refractivity contribution in [3.63, 3.8) is 0 Å². The second-order valence-electron chi connectivity index (χ2n) is 6.30. The van der Waals surface area contributed by atoms with Gasteiger partial charge in [-0.1, -0.05) is 26.7 Å². The highest BCUT2D eigenvalue weighted by atomic mass is 16.2. The van der Waals surface area contributed by atoms with Crippen LogP contribution in [0, 0.1) is 11.3 Å². The summed E-state index contributed by atoms with van der Waals surface area (Å²) in [6.45, 7) is 6.39. The van der Waals surface area contributed by atoms with E-state index in [1.165, 1.54) is 19.3 Å². The van der Waals surface area contributed by atoms with Gasteiger partial charge in [0.05, 0.1) is 5.41 Å². The molecule has 0 bridgehead atoms. The Morgan fingerprint density at radius 1 is 1.39 bits per heavy atom. The van der Waals surface area contributed by atoms with Gasteiger partial charge in [0.1, 0.15) is 0 Å². The molecule has 1 saturated heterocycles. The smallest absolute Gasteiger partial charge is 0.227 e. The first-order chi connectivity index (χ1) is 8.68. The van der Waals surface area contributed by atoms with Gasteiger partial charge in [-0.3, -0.25) is 4.79 Å². The number of nitrogens with one attached hydrogen (secondary N) is 2. The van der Waals surface area contributed by atoms with E-state index >= 15 is 0 Å². The SMILES string of the molecule is CCCC1(C(=O)NC2CCCC2C)CCCNC1. The lowest BCUT2D eigenvalue weighted by molar-refractivity contribution is -0.133.